The minimum atomic E-state index is -1.01. The summed E-state index contributed by atoms with van der Waals surface area (Å²) < 4.78 is 12.8. The van der Waals surface area contributed by atoms with E-state index in [-0.39, 0.29) is 0 Å². The molecule has 10 heteroatoms. The second-order valence-electron chi connectivity index (χ2n) is 6.15. The molecule has 1 aromatic carbocycles. The number of carbonyl (C=O) groups is 1. The predicted octanol–water partition coefficient (Wildman–Crippen LogP) is 2.32. The van der Waals surface area contributed by atoms with E-state index in [4.69, 9.17) is 19.6 Å². The Morgan fingerprint density at radius 2 is 1.86 bits per heavy atom. The van der Waals surface area contributed by atoms with Gasteiger partial charge < -0.3 is 25.2 Å². The van der Waals surface area contributed by atoms with Gasteiger partial charge in [0.05, 0.1) is 25.3 Å². The number of aromatic nitrogens is 4. The normalized spacial score (nSPS) is 11.0. The SMILES string of the molecule is CCc1nnc2c(NCCCCNC(=O)O)nc3cc(OC)c(OC)cc3n12. The molecule has 0 radical (unpaired) electrons. The van der Waals surface area contributed by atoms with Crippen LogP contribution < -0.4 is 20.1 Å². The summed E-state index contributed by atoms with van der Waals surface area (Å²) in [6, 6.07) is 3.70. The molecule has 1 amide bonds. The highest BCUT2D eigenvalue weighted by Crippen LogP contribution is 2.33. The summed E-state index contributed by atoms with van der Waals surface area (Å²) >= 11 is 0. The molecule has 28 heavy (non-hydrogen) atoms. The van der Waals surface area contributed by atoms with Gasteiger partial charge in [0, 0.05) is 31.6 Å². The largest absolute Gasteiger partial charge is 0.493 e. The van der Waals surface area contributed by atoms with Gasteiger partial charge in [-0.25, -0.2) is 9.78 Å². The van der Waals surface area contributed by atoms with Gasteiger partial charge in [0.1, 0.15) is 5.82 Å². The number of carboxylic acid groups (broad SMARTS) is 1. The number of methoxy groups -OCH3 is 2. The third-order valence-electron chi connectivity index (χ3n) is 4.38. The molecule has 0 bridgehead atoms. The van der Waals surface area contributed by atoms with Gasteiger partial charge in [-0.1, -0.05) is 6.92 Å². The number of hydrogen-bond acceptors (Lipinski definition) is 7. The molecular formula is C18H24N6O4. The van der Waals surface area contributed by atoms with Crippen LogP contribution in [0.5, 0.6) is 11.5 Å². The van der Waals surface area contributed by atoms with Crippen LogP contribution in [0.4, 0.5) is 10.6 Å². The highest BCUT2D eigenvalue weighted by atomic mass is 16.5. The second kappa shape index (κ2) is 8.59. The number of hydrogen-bond donors (Lipinski definition) is 3. The third-order valence-corrected chi connectivity index (χ3v) is 4.38. The molecule has 0 aliphatic rings. The lowest BCUT2D eigenvalue weighted by Gasteiger charge is -2.13. The zero-order valence-corrected chi connectivity index (χ0v) is 16.2. The Kier molecular flexibility index (Phi) is 5.97. The van der Waals surface area contributed by atoms with Gasteiger partial charge in [-0.15, -0.1) is 10.2 Å². The standard InChI is InChI=1S/C18H24N6O4/c1-4-15-22-23-17-16(19-7-5-6-8-20-18(25)26)21-11-9-13(27-2)14(28-3)10-12(11)24(15)17/h9-10,20H,4-8H2,1-3H3,(H,19,21)(H,25,26). The Bertz CT molecular complexity index is 987. The Labute approximate surface area is 161 Å². The van der Waals surface area contributed by atoms with Crippen LogP contribution >= 0.6 is 0 Å². The van der Waals surface area contributed by atoms with Gasteiger partial charge in [-0.3, -0.25) is 4.40 Å². The van der Waals surface area contributed by atoms with Crippen molar-refractivity contribution in [3.8, 4) is 11.5 Å². The van der Waals surface area contributed by atoms with Crippen molar-refractivity contribution in [1.82, 2.24) is 24.9 Å². The number of anilines is 1. The molecule has 3 aromatic rings. The van der Waals surface area contributed by atoms with Crippen LogP contribution in [-0.2, 0) is 6.42 Å². The van der Waals surface area contributed by atoms with E-state index in [0.29, 0.717) is 36.1 Å². The molecular weight excluding hydrogens is 364 g/mol. The van der Waals surface area contributed by atoms with Crippen LogP contribution in [0.25, 0.3) is 16.7 Å². The number of fused-ring (bicyclic) bond motifs is 3. The van der Waals surface area contributed by atoms with Crippen molar-refractivity contribution in [2.75, 3.05) is 32.6 Å². The van der Waals surface area contributed by atoms with Crippen molar-refractivity contribution in [3.05, 3.63) is 18.0 Å². The van der Waals surface area contributed by atoms with Crippen molar-refractivity contribution in [1.29, 1.82) is 0 Å². The van der Waals surface area contributed by atoms with Crippen LogP contribution in [0.1, 0.15) is 25.6 Å². The average Bonchev–Trinajstić information content (AvgIpc) is 3.13. The summed E-state index contributed by atoms with van der Waals surface area (Å²) in [4.78, 5) is 15.2. The molecule has 10 nitrogen and oxygen atoms in total. The topological polar surface area (TPSA) is 123 Å². The van der Waals surface area contributed by atoms with Crippen molar-refractivity contribution in [3.63, 3.8) is 0 Å². The predicted molar refractivity (Wildman–Crippen MR) is 105 cm³/mol. The fourth-order valence-corrected chi connectivity index (χ4v) is 3.02. The van der Waals surface area contributed by atoms with Gasteiger partial charge in [0.2, 0.25) is 5.65 Å². The van der Waals surface area contributed by atoms with E-state index in [9.17, 15) is 4.79 Å². The quantitative estimate of drug-likeness (QED) is 0.477. The molecule has 0 saturated carbocycles. The highest BCUT2D eigenvalue weighted by Gasteiger charge is 2.17. The first kappa shape index (κ1) is 19.5. The number of rotatable bonds is 9. The van der Waals surface area contributed by atoms with E-state index >= 15 is 0 Å². The number of unbranched alkanes of at least 4 members (excludes halogenated alkanes) is 1. The van der Waals surface area contributed by atoms with E-state index in [0.717, 1.165) is 36.1 Å². The van der Waals surface area contributed by atoms with Crippen molar-refractivity contribution >= 4 is 28.6 Å². The maximum Gasteiger partial charge on any atom is 0.404 e. The fourth-order valence-electron chi connectivity index (χ4n) is 3.02. The lowest BCUT2D eigenvalue weighted by atomic mass is 10.2. The first-order chi connectivity index (χ1) is 13.6. The molecule has 0 atom stereocenters. The van der Waals surface area contributed by atoms with Crippen LogP contribution in [0, 0.1) is 0 Å². The Hall–Kier alpha value is -3.30. The first-order valence-electron chi connectivity index (χ1n) is 9.09. The summed E-state index contributed by atoms with van der Waals surface area (Å²) in [5, 5.41) is 22.8. The molecule has 0 spiro atoms. The average molecular weight is 388 g/mol. The van der Waals surface area contributed by atoms with Crippen LogP contribution in [0.15, 0.2) is 12.1 Å². The van der Waals surface area contributed by atoms with Crippen LogP contribution in [-0.4, -0.2) is 58.1 Å². The summed E-state index contributed by atoms with van der Waals surface area (Å²) in [5.74, 6) is 2.65. The molecule has 0 fully saturated rings. The minimum Gasteiger partial charge on any atom is -0.493 e. The van der Waals surface area contributed by atoms with Crippen molar-refractivity contribution in [2.45, 2.75) is 26.2 Å². The third kappa shape index (κ3) is 3.85. The molecule has 0 aliphatic heterocycles. The number of benzene rings is 1. The minimum absolute atomic E-state index is 0.416. The first-order valence-corrected chi connectivity index (χ1v) is 9.09. The van der Waals surface area contributed by atoms with Gasteiger partial charge in [0.15, 0.2) is 17.3 Å². The summed E-state index contributed by atoms with van der Waals surface area (Å²) in [6.45, 7) is 3.07. The number of ether oxygens (including phenoxy) is 2. The summed E-state index contributed by atoms with van der Waals surface area (Å²) in [7, 11) is 3.18. The molecule has 2 heterocycles. The molecule has 0 aliphatic carbocycles. The monoisotopic (exact) mass is 388 g/mol. The smallest absolute Gasteiger partial charge is 0.404 e. The molecule has 150 valence electrons. The molecule has 0 unspecified atom stereocenters. The molecule has 3 rings (SSSR count). The second-order valence-corrected chi connectivity index (χ2v) is 6.15. The lowest BCUT2D eigenvalue weighted by molar-refractivity contribution is 0.194. The Morgan fingerprint density at radius 1 is 1.14 bits per heavy atom. The van der Waals surface area contributed by atoms with E-state index in [1.807, 2.05) is 23.5 Å². The number of amides is 1. The fraction of sp³-hybridized carbons (Fsp3) is 0.444. The van der Waals surface area contributed by atoms with Crippen molar-refractivity contribution < 1.29 is 19.4 Å². The summed E-state index contributed by atoms with van der Waals surface area (Å²) in [5.41, 5.74) is 2.21. The number of aryl methyl sites for hydroxylation is 1. The number of nitrogens with zero attached hydrogens (tertiary/aromatic N) is 4. The number of nitrogens with one attached hydrogen (secondary N) is 2. The zero-order chi connectivity index (χ0) is 20.1. The van der Waals surface area contributed by atoms with E-state index in [2.05, 4.69) is 20.8 Å². The van der Waals surface area contributed by atoms with Crippen LogP contribution in [0.2, 0.25) is 0 Å². The summed E-state index contributed by atoms with van der Waals surface area (Å²) in [6.07, 6.45) is 1.22. The highest BCUT2D eigenvalue weighted by molar-refractivity contribution is 5.85. The molecule has 2 aromatic heterocycles. The van der Waals surface area contributed by atoms with Gasteiger partial charge >= 0.3 is 6.09 Å². The molecule has 3 N–H and O–H groups in total. The molecule has 0 saturated heterocycles. The van der Waals surface area contributed by atoms with Gasteiger partial charge in [0.25, 0.3) is 0 Å². The van der Waals surface area contributed by atoms with E-state index in [1.54, 1.807) is 14.2 Å². The van der Waals surface area contributed by atoms with Crippen LogP contribution in [0.3, 0.4) is 0 Å². The Balaban J connectivity index is 1.93. The van der Waals surface area contributed by atoms with E-state index < -0.39 is 6.09 Å². The van der Waals surface area contributed by atoms with Crippen molar-refractivity contribution in [2.24, 2.45) is 0 Å². The van der Waals surface area contributed by atoms with Gasteiger partial charge in [-0.05, 0) is 12.8 Å². The maximum atomic E-state index is 10.5. The Morgan fingerprint density at radius 3 is 2.54 bits per heavy atom. The van der Waals surface area contributed by atoms with E-state index in [1.165, 1.54) is 0 Å². The van der Waals surface area contributed by atoms with Gasteiger partial charge in [-0.2, -0.15) is 0 Å². The maximum absolute atomic E-state index is 10.5. The zero-order valence-electron chi connectivity index (χ0n) is 16.2. The lowest BCUT2D eigenvalue weighted by Crippen LogP contribution is -2.22.